The molecule has 3 heterocycles. The third-order valence-corrected chi connectivity index (χ3v) is 4.73. The number of benzene rings is 1. The van der Waals surface area contributed by atoms with Crippen LogP contribution in [0.25, 0.3) is 11.2 Å². The van der Waals surface area contributed by atoms with Crippen molar-refractivity contribution in [1.29, 1.82) is 0 Å². The van der Waals surface area contributed by atoms with Crippen molar-refractivity contribution in [2.24, 2.45) is 7.05 Å². The third kappa shape index (κ3) is 2.42. The minimum Gasteiger partial charge on any atom is -0.342 e. The largest absolute Gasteiger partial charge is 0.342 e. The van der Waals surface area contributed by atoms with E-state index < -0.39 is 5.69 Å². The Morgan fingerprint density at radius 3 is 2.75 bits per heavy atom. The number of H-pyrrole nitrogens is 2. The lowest BCUT2D eigenvalue weighted by atomic mass is 9.91. The molecule has 0 aliphatic carbocycles. The molecule has 1 saturated heterocycles. The maximum absolute atomic E-state index is 12.2. The fourth-order valence-electron chi connectivity index (χ4n) is 3.37. The van der Waals surface area contributed by atoms with Gasteiger partial charge in [-0.3, -0.25) is 14.3 Å². The van der Waals surface area contributed by atoms with Crippen molar-refractivity contribution in [2.45, 2.75) is 18.8 Å². The second-order valence-electron chi connectivity index (χ2n) is 6.27. The summed E-state index contributed by atoms with van der Waals surface area (Å²) in [5.41, 5.74) is 1.17. The maximum Gasteiger partial charge on any atom is 0.329 e. The summed E-state index contributed by atoms with van der Waals surface area (Å²) < 4.78 is 1.05. The summed E-state index contributed by atoms with van der Waals surface area (Å²) in [7, 11) is 1.45. The van der Waals surface area contributed by atoms with Crippen LogP contribution in [0.15, 0.2) is 39.9 Å². The number of imidazole rings is 1. The zero-order valence-corrected chi connectivity index (χ0v) is 13.5. The van der Waals surface area contributed by atoms with E-state index >= 15 is 0 Å². The minimum atomic E-state index is -0.452. The van der Waals surface area contributed by atoms with E-state index in [-0.39, 0.29) is 5.56 Å². The van der Waals surface area contributed by atoms with Crippen LogP contribution >= 0.6 is 0 Å². The van der Waals surface area contributed by atoms with E-state index in [4.69, 9.17) is 0 Å². The van der Waals surface area contributed by atoms with Gasteiger partial charge in [0, 0.05) is 26.1 Å². The molecule has 3 aromatic rings. The molecule has 7 heteroatoms. The number of piperidine rings is 1. The normalized spacial score (nSPS) is 18.2. The molecule has 0 spiro atoms. The molecule has 24 heavy (non-hydrogen) atoms. The number of nitrogens with one attached hydrogen (secondary N) is 2. The Bertz CT molecular complexity index is 986. The Balaban J connectivity index is 1.68. The highest BCUT2D eigenvalue weighted by Gasteiger charge is 2.24. The number of aromatic nitrogens is 4. The van der Waals surface area contributed by atoms with Gasteiger partial charge in [0.05, 0.1) is 0 Å². The first-order valence-corrected chi connectivity index (χ1v) is 8.12. The van der Waals surface area contributed by atoms with Gasteiger partial charge in [0.15, 0.2) is 11.2 Å². The lowest BCUT2D eigenvalue weighted by molar-refractivity contribution is 0.505. The van der Waals surface area contributed by atoms with Crippen LogP contribution in [0.1, 0.15) is 24.3 Å². The molecule has 1 aliphatic rings. The van der Waals surface area contributed by atoms with E-state index in [0.717, 1.165) is 30.5 Å². The van der Waals surface area contributed by atoms with E-state index in [1.54, 1.807) is 0 Å². The van der Waals surface area contributed by atoms with Gasteiger partial charge in [-0.1, -0.05) is 30.3 Å². The molecule has 4 rings (SSSR count). The van der Waals surface area contributed by atoms with Crippen LogP contribution in [0.5, 0.6) is 0 Å². The van der Waals surface area contributed by atoms with E-state index in [2.05, 4.69) is 44.1 Å². The van der Waals surface area contributed by atoms with Gasteiger partial charge in [-0.2, -0.15) is 4.98 Å². The predicted molar refractivity (Wildman–Crippen MR) is 92.6 cm³/mol. The standard InChI is InChI=1S/C17H19N5O2/c1-21-15(23)13-14(20-17(21)24)19-16(18-13)22-9-5-8-12(10-22)11-6-3-2-4-7-11/h2-4,6-7,12H,5,8-10H2,1H3,(H,18,19)(H,20,24). The summed E-state index contributed by atoms with van der Waals surface area (Å²) in [5, 5.41) is 0. The minimum absolute atomic E-state index is 0.319. The first-order valence-electron chi connectivity index (χ1n) is 8.12. The van der Waals surface area contributed by atoms with Crippen LogP contribution in [-0.4, -0.2) is 32.6 Å². The molecular formula is C17H19N5O2. The van der Waals surface area contributed by atoms with Gasteiger partial charge in [-0.05, 0) is 18.4 Å². The fraction of sp³-hybridized carbons (Fsp3) is 0.353. The van der Waals surface area contributed by atoms with Gasteiger partial charge >= 0.3 is 5.69 Å². The summed E-state index contributed by atoms with van der Waals surface area (Å²) in [6.45, 7) is 1.72. The first-order chi connectivity index (χ1) is 11.6. The van der Waals surface area contributed by atoms with Crippen LogP contribution in [0.2, 0.25) is 0 Å². The number of nitrogens with zero attached hydrogens (tertiary/aromatic N) is 3. The molecule has 1 atom stereocenters. The Morgan fingerprint density at radius 2 is 1.96 bits per heavy atom. The van der Waals surface area contributed by atoms with Crippen molar-refractivity contribution in [1.82, 2.24) is 19.5 Å². The molecule has 1 aromatic carbocycles. The van der Waals surface area contributed by atoms with Gasteiger partial charge in [0.25, 0.3) is 5.56 Å². The highest BCUT2D eigenvalue weighted by Crippen LogP contribution is 2.28. The molecule has 0 radical (unpaired) electrons. The Labute approximate surface area is 138 Å². The van der Waals surface area contributed by atoms with Crippen molar-refractivity contribution < 1.29 is 0 Å². The third-order valence-electron chi connectivity index (χ3n) is 4.73. The van der Waals surface area contributed by atoms with Crippen LogP contribution < -0.4 is 16.1 Å². The summed E-state index contributed by atoms with van der Waals surface area (Å²) in [4.78, 5) is 36.2. The van der Waals surface area contributed by atoms with Crippen molar-refractivity contribution in [3.63, 3.8) is 0 Å². The highest BCUT2D eigenvalue weighted by atomic mass is 16.2. The Morgan fingerprint density at radius 1 is 1.17 bits per heavy atom. The lowest BCUT2D eigenvalue weighted by Gasteiger charge is -2.32. The molecule has 124 valence electrons. The smallest absolute Gasteiger partial charge is 0.329 e. The van der Waals surface area contributed by atoms with Crippen LogP contribution in [0.4, 0.5) is 5.95 Å². The number of fused-ring (bicyclic) bond motifs is 1. The molecule has 2 N–H and O–H groups in total. The van der Waals surface area contributed by atoms with E-state index in [9.17, 15) is 9.59 Å². The SMILES string of the molecule is Cn1c(=O)[nH]c2nc(N3CCCC(c4ccccc4)C3)[nH]c2c1=O. The van der Waals surface area contributed by atoms with Crippen LogP contribution in [0.3, 0.4) is 0 Å². The molecule has 0 saturated carbocycles. The van der Waals surface area contributed by atoms with Gasteiger partial charge < -0.3 is 9.88 Å². The zero-order chi connectivity index (χ0) is 16.7. The molecule has 0 amide bonds. The number of anilines is 1. The number of hydrogen-bond donors (Lipinski definition) is 2. The van der Waals surface area contributed by atoms with Crippen LogP contribution in [0, 0.1) is 0 Å². The summed E-state index contributed by atoms with van der Waals surface area (Å²) in [6.07, 6.45) is 2.20. The Hall–Kier alpha value is -2.83. The van der Waals surface area contributed by atoms with Crippen molar-refractivity contribution >= 4 is 17.1 Å². The predicted octanol–water partition coefficient (Wildman–Crippen LogP) is 1.33. The lowest BCUT2D eigenvalue weighted by Crippen LogP contribution is -2.35. The van der Waals surface area contributed by atoms with Crippen LogP contribution in [-0.2, 0) is 7.05 Å². The average molecular weight is 325 g/mol. The molecular weight excluding hydrogens is 306 g/mol. The molecule has 1 unspecified atom stereocenters. The first kappa shape index (κ1) is 14.7. The van der Waals surface area contributed by atoms with Crippen molar-refractivity contribution in [3.8, 4) is 0 Å². The molecule has 1 aliphatic heterocycles. The average Bonchev–Trinajstić information content (AvgIpc) is 3.05. The summed E-state index contributed by atoms with van der Waals surface area (Å²) in [5.74, 6) is 1.08. The molecule has 7 nitrogen and oxygen atoms in total. The van der Waals surface area contributed by atoms with Gasteiger partial charge in [0.2, 0.25) is 5.95 Å². The molecule has 2 aromatic heterocycles. The maximum atomic E-state index is 12.2. The highest BCUT2D eigenvalue weighted by molar-refractivity contribution is 5.72. The second-order valence-corrected chi connectivity index (χ2v) is 6.27. The summed E-state index contributed by atoms with van der Waals surface area (Å²) in [6, 6.07) is 10.4. The Kier molecular flexibility index (Phi) is 3.48. The van der Waals surface area contributed by atoms with E-state index in [0.29, 0.717) is 23.0 Å². The second kappa shape index (κ2) is 5.67. The topological polar surface area (TPSA) is 86.8 Å². The zero-order valence-electron chi connectivity index (χ0n) is 13.5. The van der Waals surface area contributed by atoms with Crippen molar-refractivity contribution in [2.75, 3.05) is 18.0 Å². The summed E-state index contributed by atoms with van der Waals surface area (Å²) >= 11 is 0. The molecule has 0 bridgehead atoms. The van der Waals surface area contributed by atoms with Gasteiger partial charge in [0.1, 0.15) is 0 Å². The quantitative estimate of drug-likeness (QED) is 0.744. The number of aromatic amines is 2. The number of hydrogen-bond acceptors (Lipinski definition) is 4. The van der Waals surface area contributed by atoms with Gasteiger partial charge in [-0.15, -0.1) is 0 Å². The molecule has 1 fully saturated rings. The van der Waals surface area contributed by atoms with Crippen molar-refractivity contribution in [3.05, 3.63) is 56.7 Å². The van der Waals surface area contributed by atoms with Gasteiger partial charge in [-0.25, -0.2) is 4.79 Å². The fourth-order valence-corrected chi connectivity index (χ4v) is 3.37. The van der Waals surface area contributed by atoms with E-state index in [1.807, 2.05) is 6.07 Å². The van der Waals surface area contributed by atoms with E-state index in [1.165, 1.54) is 12.6 Å². The number of rotatable bonds is 2. The monoisotopic (exact) mass is 325 g/mol.